The number of guanidine groups is 1. The SMILES string of the molecule is CCNC(=NCCCN1CCCCCC1=O)NCCOc1ccccc1Cl.I. The highest BCUT2D eigenvalue weighted by Gasteiger charge is 2.15. The second-order valence-corrected chi connectivity index (χ2v) is 6.92. The number of carbonyl (C=O) groups excluding carboxylic acids is 1. The van der Waals surface area contributed by atoms with Crippen molar-refractivity contribution in [2.75, 3.05) is 39.3 Å². The van der Waals surface area contributed by atoms with E-state index in [1.165, 1.54) is 0 Å². The van der Waals surface area contributed by atoms with Crippen LogP contribution in [0.1, 0.15) is 39.0 Å². The number of ether oxygens (including phenoxy) is 1. The molecule has 6 nitrogen and oxygen atoms in total. The largest absolute Gasteiger partial charge is 0.490 e. The summed E-state index contributed by atoms with van der Waals surface area (Å²) >= 11 is 6.08. The number of aliphatic imine (C=N–C) groups is 1. The van der Waals surface area contributed by atoms with Gasteiger partial charge in [-0.1, -0.05) is 30.2 Å². The van der Waals surface area contributed by atoms with E-state index >= 15 is 0 Å². The van der Waals surface area contributed by atoms with Crippen molar-refractivity contribution in [3.05, 3.63) is 29.3 Å². The summed E-state index contributed by atoms with van der Waals surface area (Å²) in [6.07, 6.45) is 4.87. The van der Waals surface area contributed by atoms with Crippen LogP contribution in [0.5, 0.6) is 5.75 Å². The minimum absolute atomic E-state index is 0. The molecule has 0 unspecified atom stereocenters. The molecule has 1 aliphatic rings. The molecule has 1 saturated heterocycles. The molecule has 2 rings (SSSR count). The van der Waals surface area contributed by atoms with Gasteiger partial charge in [-0.2, -0.15) is 0 Å². The van der Waals surface area contributed by atoms with Crippen LogP contribution in [0.4, 0.5) is 0 Å². The third-order valence-electron chi connectivity index (χ3n) is 4.36. The molecule has 0 saturated carbocycles. The lowest BCUT2D eigenvalue weighted by Crippen LogP contribution is -2.39. The maximum Gasteiger partial charge on any atom is 0.222 e. The first-order valence-corrected chi connectivity index (χ1v) is 10.3. The number of rotatable bonds is 9. The van der Waals surface area contributed by atoms with Crippen molar-refractivity contribution >= 4 is 47.4 Å². The Balaban J connectivity index is 0.00000392. The topological polar surface area (TPSA) is 66.0 Å². The number of halogens is 2. The van der Waals surface area contributed by atoms with Crippen molar-refractivity contribution in [2.45, 2.75) is 39.0 Å². The van der Waals surface area contributed by atoms with Gasteiger partial charge in [0.25, 0.3) is 0 Å². The van der Waals surface area contributed by atoms with Crippen molar-refractivity contribution < 1.29 is 9.53 Å². The number of hydrogen-bond donors (Lipinski definition) is 2. The maximum absolute atomic E-state index is 12.0. The Morgan fingerprint density at radius 3 is 2.86 bits per heavy atom. The predicted molar refractivity (Wildman–Crippen MR) is 126 cm³/mol. The van der Waals surface area contributed by atoms with Crippen molar-refractivity contribution in [3.63, 3.8) is 0 Å². The summed E-state index contributed by atoms with van der Waals surface area (Å²) in [7, 11) is 0. The quantitative estimate of drug-likeness (QED) is 0.225. The minimum Gasteiger partial charge on any atom is -0.490 e. The first kappa shape index (κ1) is 24.8. The maximum atomic E-state index is 12.0. The molecule has 2 N–H and O–H groups in total. The highest BCUT2D eigenvalue weighted by Crippen LogP contribution is 2.22. The van der Waals surface area contributed by atoms with Gasteiger partial charge in [0.05, 0.1) is 11.6 Å². The fourth-order valence-electron chi connectivity index (χ4n) is 2.96. The molecular formula is C20H32ClIN4O2. The Morgan fingerprint density at radius 2 is 2.07 bits per heavy atom. The Kier molecular flexibility index (Phi) is 13.1. The molecule has 1 fully saturated rings. The van der Waals surface area contributed by atoms with E-state index in [4.69, 9.17) is 16.3 Å². The van der Waals surface area contributed by atoms with E-state index in [1.807, 2.05) is 36.1 Å². The second kappa shape index (κ2) is 14.7. The van der Waals surface area contributed by atoms with E-state index in [-0.39, 0.29) is 24.0 Å². The Morgan fingerprint density at radius 1 is 1.25 bits per heavy atom. The molecule has 1 aliphatic heterocycles. The number of nitrogens with zero attached hydrogens (tertiary/aromatic N) is 2. The molecule has 1 amide bonds. The van der Waals surface area contributed by atoms with Gasteiger partial charge in [-0.25, -0.2) is 0 Å². The van der Waals surface area contributed by atoms with Crippen LogP contribution in [0.3, 0.4) is 0 Å². The summed E-state index contributed by atoms with van der Waals surface area (Å²) in [5, 5.41) is 7.10. The van der Waals surface area contributed by atoms with E-state index < -0.39 is 0 Å². The molecule has 1 aromatic rings. The Hall–Kier alpha value is -1.22. The third-order valence-corrected chi connectivity index (χ3v) is 4.67. The zero-order chi connectivity index (χ0) is 19.3. The number of carbonyl (C=O) groups is 1. The number of nitrogens with one attached hydrogen (secondary N) is 2. The van der Waals surface area contributed by atoms with Crippen molar-refractivity contribution in [1.29, 1.82) is 0 Å². The third kappa shape index (κ3) is 9.32. The Labute approximate surface area is 190 Å². The van der Waals surface area contributed by atoms with Gasteiger partial charge in [-0.3, -0.25) is 9.79 Å². The first-order chi connectivity index (χ1) is 13.2. The van der Waals surface area contributed by atoms with Gasteiger partial charge in [0.15, 0.2) is 5.96 Å². The Bertz CT molecular complexity index is 616. The summed E-state index contributed by atoms with van der Waals surface area (Å²) < 4.78 is 5.67. The van der Waals surface area contributed by atoms with Gasteiger partial charge in [0, 0.05) is 32.6 Å². The lowest BCUT2D eigenvalue weighted by molar-refractivity contribution is -0.130. The molecule has 1 heterocycles. The average Bonchev–Trinajstić information content (AvgIpc) is 2.87. The molecule has 0 aromatic heterocycles. The normalized spacial score (nSPS) is 14.9. The van der Waals surface area contributed by atoms with Crippen molar-refractivity contribution in [3.8, 4) is 5.75 Å². The van der Waals surface area contributed by atoms with Crippen LogP contribution in [0.15, 0.2) is 29.3 Å². The number of para-hydroxylation sites is 1. The van der Waals surface area contributed by atoms with Gasteiger partial charge < -0.3 is 20.3 Å². The standard InChI is InChI=1S/C20H31ClN4O2.HI/c1-2-22-20(24-13-16-27-18-10-6-5-9-17(18)21)23-12-8-15-25-14-7-3-4-11-19(25)26;/h5-6,9-10H,2-4,7-8,11-16H2,1H3,(H2,22,23,24);1H. The van der Waals surface area contributed by atoms with E-state index in [9.17, 15) is 4.79 Å². The van der Waals surface area contributed by atoms with Gasteiger partial charge in [0.2, 0.25) is 5.91 Å². The summed E-state index contributed by atoms with van der Waals surface area (Å²) in [6.45, 7) is 6.31. The van der Waals surface area contributed by atoms with Crippen LogP contribution in [-0.4, -0.2) is 56.1 Å². The molecule has 0 bridgehead atoms. The van der Waals surface area contributed by atoms with Gasteiger partial charge in [-0.15, -0.1) is 24.0 Å². The average molecular weight is 523 g/mol. The molecule has 0 radical (unpaired) electrons. The lowest BCUT2D eigenvalue weighted by Gasteiger charge is -2.20. The van der Waals surface area contributed by atoms with Gasteiger partial charge in [-0.05, 0) is 38.3 Å². The summed E-state index contributed by atoms with van der Waals surface area (Å²) in [5.41, 5.74) is 0. The fourth-order valence-corrected chi connectivity index (χ4v) is 3.15. The molecular weight excluding hydrogens is 491 g/mol. The van der Waals surface area contributed by atoms with Crippen LogP contribution >= 0.6 is 35.6 Å². The van der Waals surface area contributed by atoms with Gasteiger partial charge in [0.1, 0.15) is 12.4 Å². The van der Waals surface area contributed by atoms with E-state index in [0.717, 1.165) is 51.3 Å². The first-order valence-electron chi connectivity index (χ1n) is 9.88. The molecule has 1 aromatic carbocycles. The number of benzene rings is 1. The summed E-state index contributed by atoms with van der Waals surface area (Å²) in [4.78, 5) is 18.6. The highest BCUT2D eigenvalue weighted by molar-refractivity contribution is 14.0. The number of likely N-dealkylation sites (tertiary alicyclic amines) is 1. The zero-order valence-corrected chi connectivity index (χ0v) is 19.7. The summed E-state index contributed by atoms with van der Waals surface area (Å²) in [5.74, 6) is 1.74. The lowest BCUT2D eigenvalue weighted by atomic mass is 10.2. The van der Waals surface area contributed by atoms with E-state index in [2.05, 4.69) is 15.6 Å². The van der Waals surface area contributed by atoms with Crippen LogP contribution in [0.2, 0.25) is 5.02 Å². The van der Waals surface area contributed by atoms with Crippen LogP contribution in [0, 0.1) is 0 Å². The zero-order valence-electron chi connectivity index (χ0n) is 16.6. The van der Waals surface area contributed by atoms with Crippen molar-refractivity contribution in [2.24, 2.45) is 4.99 Å². The monoisotopic (exact) mass is 522 g/mol. The van der Waals surface area contributed by atoms with Crippen LogP contribution in [0.25, 0.3) is 0 Å². The van der Waals surface area contributed by atoms with Crippen LogP contribution in [-0.2, 0) is 4.79 Å². The van der Waals surface area contributed by atoms with E-state index in [1.54, 1.807) is 0 Å². The molecule has 0 atom stereocenters. The number of amides is 1. The predicted octanol–water partition coefficient (Wildman–Crippen LogP) is 3.68. The molecule has 0 aliphatic carbocycles. The van der Waals surface area contributed by atoms with Crippen LogP contribution < -0.4 is 15.4 Å². The highest BCUT2D eigenvalue weighted by atomic mass is 127. The van der Waals surface area contributed by atoms with Gasteiger partial charge >= 0.3 is 0 Å². The molecule has 8 heteroatoms. The second-order valence-electron chi connectivity index (χ2n) is 6.51. The number of hydrogen-bond acceptors (Lipinski definition) is 3. The smallest absolute Gasteiger partial charge is 0.222 e. The fraction of sp³-hybridized carbons (Fsp3) is 0.600. The van der Waals surface area contributed by atoms with Crippen molar-refractivity contribution in [1.82, 2.24) is 15.5 Å². The minimum atomic E-state index is 0. The van der Waals surface area contributed by atoms with E-state index in [0.29, 0.717) is 42.8 Å². The molecule has 28 heavy (non-hydrogen) atoms. The molecule has 158 valence electrons. The molecule has 0 spiro atoms. The summed E-state index contributed by atoms with van der Waals surface area (Å²) in [6, 6.07) is 7.44.